The van der Waals surface area contributed by atoms with E-state index in [2.05, 4.69) is 10.6 Å². The number of amides is 2. The minimum Gasteiger partial charge on any atom is -0.491 e. The summed E-state index contributed by atoms with van der Waals surface area (Å²) in [6, 6.07) is 11.8. The molecule has 0 aliphatic heterocycles. The molecule has 2 amide bonds. The van der Waals surface area contributed by atoms with Crippen LogP contribution >= 0.6 is 23.2 Å². The smallest absolute Gasteiger partial charge is 0.319 e. The van der Waals surface area contributed by atoms with Gasteiger partial charge in [-0.1, -0.05) is 41.4 Å². The molecule has 2 aromatic rings. The summed E-state index contributed by atoms with van der Waals surface area (Å²) in [5, 5.41) is 6.72. The quantitative estimate of drug-likeness (QED) is 0.595. The Balaban J connectivity index is 1.96. The molecule has 7 heteroatoms. The number of para-hydroxylation sites is 2. The highest BCUT2D eigenvalue weighted by Gasteiger charge is 2.14. The van der Waals surface area contributed by atoms with Crippen molar-refractivity contribution in [2.24, 2.45) is 0 Å². The Morgan fingerprint density at radius 3 is 2.65 bits per heavy atom. The second-order valence-corrected chi connectivity index (χ2v) is 6.52. The van der Waals surface area contributed by atoms with Gasteiger partial charge in [0.25, 0.3) is 0 Å². The van der Waals surface area contributed by atoms with Gasteiger partial charge in [0, 0.05) is 30.2 Å². The second-order valence-electron chi connectivity index (χ2n) is 5.68. The van der Waals surface area contributed by atoms with Crippen LogP contribution in [0.3, 0.4) is 0 Å². The standard InChI is InChI=1S/C19H22Cl2N2O3/c1-13(15-9-8-14(20)12-16(15)21)22-19(24)23-17-6-3-4-7-18(17)26-11-5-10-25-2/h3-4,6-9,12-13H,5,10-11H2,1-2H3,(H2,22,23,24). The van der Waals surface area contributed by atoms with Crippen LogP contribution in [0.4, 0.5) is 10.5 Å². The average Bonchev–Trinajstić information content (AvgIpc) is 2.59. The molecule has 2 rings (SSSR count). The van der Waals surface area contributed by atoms with Crippen LogP contribution in [0.5, 0.6) is 5.75 Å². The maximum absolute atomic E-state index is 12.3. The third-order valence-electron chi connectivity index (χ3n) is 3.66. The third-order valence-corrected chi connectivity index (χ3v) is 4.22. The molecule has 0 aliphatic rings. The van der Waals surface area contributed by atoms with Crippen LogP contribution in [0.1, 0.15) is 24.9 Å². The number of rotatable bonds is 8. The zero-order valence-corrected chi connectivity index (χ0v) is 16.2. The average molecular weight is 397 g/mol. The van der Waals surface area contributed by atoms with E-state index < -0.39 is 0 Å². The SMILES string of the molecule is COCCCOc1ccccc1NC(=O)NC(C)c1ccc(Cl)cc1Cl. The summed E-state index contributed by atoms with van der Waals surface area (Å²) in [5.41, 5.74) is 1.38. The van der Waals surface area contributed by atoms with E-state index in [1.165, 1.54) is 0 Å². The summed E-state index contributed by atoms with van der Waals surface area (Å²) in [4.78, 5) is 12.3. The highest BCUT2D eigenvalue weighted by atomic mass is 35.5. The normalized spacial score (nSPS) is 11.7. The van der Waals surface area contributed by atoms with Crippen LogP contribution in [-0.4, -0.2) is 26.4 Å². The molecular formula is C19H22Cl2N2O3. The van der Waals surface area contributed by atoms with Gasteiger partial charge in [-0.05, 0) is 36.8 Å². The van der Waals surface area contributed by atoms with Gasteiger partial charge in [0.2, 0.25) is 0 Å². The lowest BCUT2D eigenvalue weighted by Crippen LogP contribution is -2.31. The molecular weight excluding hydrogens is 375 g/mol. The molecule has 0 aliphatic carbocycles. The van der Waals surface area contributed by atoms with Crippen molar-refractivity contribution < 1.29 is 14.3 Å². The van der Waals surface area contributed by atoms with E-state index in [-0.39, 0.29) is 12.1 Å². The Morgan fingerprint density at radius 1 is 1.15 bits per heavy atom. The first-order valence-electron chi connectivity index (χ1n) is 8.24. The number of halogens is 2. The molecule has 0 saturated heterocycles. The third kappa shape index (κ3) is 6.09. The minimum absolute atomic E-state index is 0.283. The van der Waals surface area contributed by atoms with Crippen LogP contribution in [0.25, 0.3) is 0 Å². The van der Waals surface area contributed by atoms with E-state index in [0.29, 0.717) is 34.7 Å². The van der Waals surface area contributed by atoms with Gasteiger partial charge in [-0.15, -0.1) is 0 Å². The molecule has 1 atom stereocenters. The fraction of sp³-hybridized carbons (Fsp3) is 0.316. The Morgan fingerprint density at radius 2 is 1.92 bits per heavy atom. The Kier molecular flexibility index (Phi) is 8.04. The number of hydrogen-bond donors (Lipinski definition) is 2. The lowest BCUT2D eigenvalue weighted by atomic mass is 10.1. The van der Waals surface area contributed by atoms with Crippen molar-refractivity contribution in [1.82, 2.24) is 5.32 Å². The topological polar surface area (TPSA) is 59.6 Å². The van der Waals surface area contributed by atoms with Crippen molar-refractivity contribution in [2.45, 2.75) is 19.4 Å². The Hall–Kier alpha value is -1.95. The number of urea groups is 1. The van der Waals surface area contributed by atoms with E-state index >= 15 is 0 Å². The van der Waals surface area contributed by atoms with Gasteiger partial charge in [0.15, 0.2) is 0 Å². The Labute approximate surface area is 163 Å². The number of carbonyl (C=O) groups excluding carboxylic acids is 1. The molecule has 0 heterocycles. The van der Waals surface area contributed by atoms with Crippen molar-refractivity contribution in [3.63, 3.8) is 0 Å². The van der Waals surface area contributed by atoms with Crippen LogP contribution < -0.4 is 15.4 Å². The lowest BCUT2D eigenvalue weighted by Gasteiger charge is -2.18. The molecule has 0 bridgehead atoms. The predicted octanol–water partition coefficient (Wildman–Crippen LogP) is 5.29. The minimum atomic E-state index is -0.351. The van der Waals surface area contributed by atoms with Crippen molar-refractivity contribution in [2.75, 3.05) is 25.6 Å². The number of methoxy groups -OCH3 is 1. The summed E-state index contributed by atoms with van der Waals surface area (Å²) in [5.74, 6) is 0.607. The summed E-state index contributed by atoms with van der Waals surface area (Å²) in [7, 11) is 1.65. The Bertz CT molecular complexity index is 740. The molecule has 0 radical (unpaired) electrons. The van der Waals surface area contributed by atoms with E-state index in [4.69, 9.17) is 32.7 Å². The van der Waals surface area contributed by atoms with Gasteiger partial charge >= 0.3 is 6.03 Å². The number of anilines is 1. The molecule has 1 unspecified atom stereocenters. The van der Waals surface area contributed by atoms with Crippen LogP contribution in [0.2, 0.25) is 10.0 Å². The molecule has 0 aromatic heterocycles. The lowest BCUT2D eigenvalue weighted by molar-refractivity contribution is 0.172. The molecule has 26 heavy (non-hydrogen) atoms. The number of nitrogens with one attached hydrogen (secondary N) is 2. The van der Waals surface area contributed by atoms with Crippen LogP contribution in [-0.2, 0) is 4.74 Å². The van der Waals surface area contributed by atoms with Crippen molar-refractivity contribution in [3.05, 3.63) is 58.1 Å². The van der Waals surface area contributed by atoms with Gasteiger partial charge in [-0.25, -0.2) is 4.79 Å². The first-order chi connectivity index (χ1) is 12.5. The van der Waals surface area contributed by atoms with Gasteiger partial charge in [-0.2, -0.15) is 0 Å². The van der Waals surface area contributed by atoms with Crippen molar-refractivity contribution in [3.8, 4) is 5.75 Å². The molecule has 0 spiro atoms. The van der Waals surface area contributed by atoms with Gasteiger partial charge in [0.1, 0.15) is 5.75 Å². The summed E-state index contributed by atoms with van der Waals surface area (Å²) < 4.78 is 10.7. The molecule has 2 aromatic carbocycles. The highest BCUT2D eigenvalue weighted by Crippen LogP contribution is 2.27. The van der Waals surface area contributed by atoms with E-state index in [1.54, 1.807) is 31.4 Å². The maximum atomic E-state index is 12.3. The first kappa shape index (κ1) is 20.4. The summed E-state index contributed by atoms with van der Waals surface area (Å²) >= 11 is 12.1. The summed E-state index contributed by atoms with van der Waals surface area (Å²) in [6.07, 6.45) is 0.767. The molecule has 0 fully saturated rings. The number of benzene rings is 2. The molecule has 2 N–H and O–H groups in total. The van der Waals surface area contributed by atoms with E-state index in [1.807, 2.05) is 25.1 Å². The van der Waals surface area contributed by atoms with Gasteiger partial charge < -0.3 is 20.1 Å². The fourth-order valence-corrected chi connectivity index (χ4v) is 2.94. The monoisotopic (exact) mass is 396 g/mol. The van der Waals surface area contributed by atoms with Gasteiger partial charge in [-0.3, -0.25) is 0 Å². The number of carbonyl (C=O) groups is 1. The molecule has 0 saturated carbocycles. The zero-order chi connectivity index (χ0) is 18.9. The summed E-state index contributed by atoms with van der Waals surface area (Å²) in [6.45, 7) is 2.97. The highest BCUT2D eigenvalue weighted by molar-refractivity contribution is 6.35. The van der Waals surface area contributed by atoms with E-state index in [9.17, 15) is 4.79 Å². The maximum Gasteiger partial charge on any atom is 0.319 e. The number of ether oxygens (including phenoxy) is 2. The zero-order valence-electron chi connectivity index (χ0n) is 14.7. The number of hydrogen-bond acceptors (Lipinski definition) is 3. The van der Waals surface area contributed by atoms with Crippen molar-refractivity contribution in [1.29, 1.82) is 0 Å². The van der Waals surface area contributed by atoms with Crippen LogP contribution in [0.15, 0.2) is 42.5 Å². The fourth-order valence-electron chi connectivity index (χ4n) is 2.37. The predicted molar refractivity (Wildman–Crippen MR) is 105 cm³/mol. The van der Waals surface area contributed by atoms with Gasteiger partial charge in [0.05, 0.1) is 18.3 Å². The largest absolute Gasteiger partial charge is 0.491 e. The first-order valence-corrected chi connectivity index (χ1v) is 9.00. The second kappa shape index (κ2) is 10.3. The molecule has 140 valence electrons. The van der Waals surface area contributed by atoms with Crippen LogP contribution in [0, 0.1) is 0 Å². The van der Waals surface area contributed by atoms with E-state index in [0.717, 1.165) is 12.0 Å². The van der Waals surface area contributed by atoms with Crippen molar-refractivity contribution >= 4 is 34.9 Å². The molecule has 5 nitrogen and oxygen atoms in total.